The minimum atomic E-state index is -2.71. The predicted molar refractivity (Wildman–Crippen MR) is 44.6 cm³/mol. The first-order chi connectivity index (χ1) is 5.94. The van der Waals surface area contributed by atoms with Crippen LogP contribution in [0.15, 0.2) is 12.4 Å². The fourth-order valence-electron chi connectivity index (χ4n) is 0.714. The van der Waals surface area contributed by atoms with E-state index in [2.05, 4.69) is 9.97 Å². The lowest BCUT2D eigenvalue weighted by Crippen LogP contribution is -2.41. The average molecular weight is 208 g/mol. The number of hydrogen-bond acceptors (Lipinski definition) is 3. The monoisotopic (exact) mass is 207 g/mol. The SMILES string of the molecule is CC(N)(c1cncc(Cl)n1)C(F)F. The summed E-state index contributed by atoms with van der Waals surface area (Å²) in [7, 11) is 0. The molecule has 0 fully saturated rings. The van der Waals surface area contributed by atoms with Gasteiger partial charge in [0.1, 0.15) is 10.7 Å². The fourth-order valence-corrected chi connectivity index (χ4v) is 0.861. The smallest absolute Gasteiger partial charge is 0.261 e. The summed E-state index contributed by atoms with van der Waals surface area (Å²) < 4.78 is 24.8. The number of aromatic nitrogens is 2. The van der Waals surface area contributed by atoms with Gasteiger partial charge in [0.15, 0.2) is 0 Å². The molecule has 1 heterocycles. The van der Waals surface area contributed by atoms with Crippen LogP contribution in [-0.4, -0.2) is 16.4 Å². The van der Waals surface area contributed by atoms with E-state index in [4.69, 9.17) is 17.3 Å². The van der Waals surface area contributed by atoms with Crippen LogP contribution in [0.25, 0.3) is 0 Å². The Morgan fingerprint density at radius 1 is 1.54 bits per heavy atom. The Morgan fingerprint density at radius 2 is 2.15 bits per heavy atom. The van der Waals surface area contributed by atoms with Gasteiger partial charge >= 0.3 is 0 Å². The van der Waals surface area contributed by atoms with Gasteiger partial charge in [0.05, 0.1) is 18.1 Å². The van der Waals surface area contributed by atoms with Crippen molar-refractivity contribution in [1.29, 1.82) is 0 Å². The molecule has 72 valence electrons. The van der Waals surface area contributed by atoms with Gasteiger partial charge in [0.2, 0.25) is 0 Å². The lowest BCUT2D eigenvalue weighted by atomic mass is 10.0. The van der Waals surface area contributed by atoms with E-state index < -0.39 is 12.0 Å². The van der Waals surface area contributed by atoms with Gasteiger partial charge in [-0.3, -0.25) is 4.98 Å². The van der Waals surface area contributed by atoms with Crippen molar-refractivity contribution in [1.82, 2.24) is 9.97 Å². The zero-order valence-corrected chi connectivity index (χ0v) is 7.59. The Hall–Kier alpha value is -0.810. The summed E-state index contributed by atoms with van der Waals surface area (Å²) in [6.45, 7) is 1.18. The number of nitrogens with zero attached hydrogens (tertiary/aromatic N) is 2. The first-order valence-electron chi connectivity index (χ1n) is 3.49. The molecule has 13 heavy (non-hydrogen) atoms. The minimum absolute atomic E-state index is 0.0185. The average Bonchev–Trinajstić information content (AvgIpc) is 2.04. The second kappa shape index (κ2) is 3.51. The largest absolute Gasteiger partial charge is 0.316 e. The highest BCUT2D eigenvalue weighted by atomic mass is 35.5. The van der Waals surface area contributed by atoms with Crippen molar-refractivity contribution in [2.75, 3.05) is 0 Å². The molecule has 2 N–H and O–H groups in total. The second-order valence-electron chi connectivity index (χ2n) is 2.81. The van der Waals surface area contributed by atoms with Crippen molar-refractivity contribution in [3.63, 3.8) is 0 Å². The molecular formula is C7H8ClF2N3. The molecule has 0 saturated carbocycles. The summed E-state index contributed by atoms with van der Waals surface area (Å²) in [6, 6.07) is 0. The Labute approximate surface area is 78.9 Å². The molecule has 1 aromatic rings. The van der Waals surface area contributed by atoms with Gasteiger partial charge in [-0.05, 0) is 6.92 Å². The lowest BCUT2D eigenvalue weighted by Gasteiger charge is -2.22. The van der Waals surface area contributed by atoms with Crippen LogP contribution >= 0.6 is 11.6 Å². The van der Waals surface area contributed by atoms with Gasteiger partial charge in [0, 0.05) is 0 Å². The van der Waals surface area contributed by atoms with E-state index in [1.165, 1.54) is 19.3 Å². The van der Waals surface area contributed by atoms with Crippen LogP contribution in [0.4, 0.5) is 8.78 Å². The molecule has 1 atom stereocenters. The third-order valence-corrected chi connectivity index (χ3v) is 1.79. The maximum absolute atomic E-state index is 12.4. The van der Waals surface area contributed by atoms with Crippen LogP contribution in [0.5, 0.6) is 0 Å². The van der Waals surface area contributed by atoms with E-state index in [1.54, 1.807) is 0 Å². The molecule has 0 amide bonds. The highest BCUT2D eigenvalue weighted by molar-refractivity contribution is 6.29. The fraction of sp³-hybridized carbons (Fsp3) is 0.429. The third-order valence-electron chi connectivity index (χ3n) is 1.61. The molecule has 1 aromatic heterocycles. The van der Waals surface area contributed by atoms with E-state index in [1.807, 2.05) is 0 Å². The van der Waals surface area contributed by atoms with Crippen LogP contribution in [0, 0.1) is 0 Å². The normalized spacial score (nSPS) is 15.8. The van der Waals surface area contributed by atoms with Crippen molar-refractivity contribution in [2.45, 2.75) is 18.9 Å². The Morgan fingerprint density at radius 3 is 2.62 bits per heavy atom. The van der Waals surface area contributed by atoms with Crippen molar-refractivity contribution >= 4 is 11.6 Å². The third kappa shape index (κ3) is 2.10. The van der Waals surface area contributed by atoms with Crippen molar-refractivity contribution in [3.05, 3.63) is 23.2 Å². The maximum Gasteiger partial charge on any atom is 0.261 e. The zero-order valence-electron chi connectivity index (χ0n) is 6.84. The minimum Gasteiger partial charge on any atom is -0.316 e. The highest BCUT2D eigenvalue weighted by Crippen LogP contribution is 2.23. The molecule has 0 aliphatic rings. The maximum atomic E-state index is 12.4. The van der Waals surface area contributed by atoms with Crippen LogP contribution in [0.2, 0.25) is 5.15 Å². The first kappa shape index (κ1) is 10.3. The standard InChI is InChI=1S/C7H8ClF2N3/c1-7(11,6(9)10)4-2-12-3-5(8)13-4/h2-3,6H,11H2,1H3. The summed E-state index contributed by atoms with van der Waals surface area (Å²) in [6.07, 6.45) is -0.273. The lowest BCUT2D eigenvalue weighted by molar-refractivity contribution is 0.0600. The molecule has 1 unspecified atom stereocenters. The van der Waals surface area contributed by atoms with Gasteiger partial charge < -0.3 is 5.73 Å². The quantitative estimate of drug-likeness (QED) is 0.801. The first-order valence-corrected chi connectivity index (χ1v) is 3.87. The van der Waals surface area contributed by atoms with E-state index >= 15 is 0 Å². The Bertz CT molecular complexity index is 304. The topological polar surface area (TPSA) is 51.8 Å². The van der Waals surface area contributed by atoms with Crippen LogP contribution < -0.4 is 5.73 Å². The predicted octanol–water partition coefficient (Wildman–Crippen LogP) is 1.57. The van der Waals surface area contributed by atoms with Gasteiger partial charge in [0.25, 0.3) is 6.43 Å². The Kier molecular flexibility index (Phi) is 2.77. The number of halogens is 3. The van der Waals surface area contributed by atoms with E-state index in [0.717, 1.165) is 0 Å². The molecule has 3 nitrogen and oxygen atoms in total. The molecule has 0 radical (unpaired) electrons. The van der Waals surface area contributed by atoms with Crippen molar-refractivity contribution in [2.24, 2.45) is 5.73 Å². The van der Waals surface area contributed by atoms with Crippen molar-refractivity contribution < 1.29 is 8.78 Å². The Balaban J connectivity index is 3.07. The van der Waals surface area contributed by atoms with Crippen LogP contribution in [-0.2, 0) is 5.54 Å². The van der Waals surface area contributed by atoms with E-state index in [-0.39, 0.29) is 10.8 Å². The van der Waals surface area contributed by atoms with Crippen molar-refractivity contribution in [3.8, 4) is 0 Å². The summed E-state index contributed by atoms with van der Waals surface area (Å²) >= 11 is 5.48. The number of hydrogen-bond donors (Lipinski definition) is 1. The number of rotatable bonds is 2. The van der Waals surface area contributed by atoms with Gasteiger partial charge in [-0.15, -0.1) is 0 Å². The second-order valence-corrected chi connectivity index (χ2v) is 3.20. The molecule has 0 bridgehead atoms. The highest BCUT2D eigenvalue weighted by Gasteiger charge is 2.34. The zero-order chi connectivity index (χ0) is 10.1. The van der Waals surface area contributed by atoms with Gasteiger partial charge in [-0.2, -0.15) is 0 Å². The summed E-state index contributed by atoms with van der Waals surface area (Å²) in [5.74, 6) is 0. The molecular weight excluding hydrogens is 200 g/mol. The van der Waals surface area contributed by atoms with Crippen LogP contribution in [0.3, 0.4) is 0 Å². The van der Waals surface area contributed by atoms with Gasteiger partial charge in [-0.1, -0.05) is 11.6 Å². The van der Waals surface area contributed by atoms with Gasteiger partial charge in [-0.25, -0.2) is 13.8 Å². The molecule has 6 heteroatoms. The molecule has 0 spiro atoms. The summed E-state index contributed by atoms with van der Waals surface area (Å²) in [4.78, 5) is 7.29. The van der Waals surface area contributed by atoms with E-state index in [9.17, 15) is 8.78 Å². The molecule has 0 aliphatic carbocycles. The molecule has 0 aliphatic heterocycles. The van der Waals surface area contributed by atoms with E-state index in [0.29, 0.717) is 0 Å². The molecule has 1 rings (SSSR count). The summed E-state index contributed by atoms with van der Waals surface area (Å²) in [5, 5.41) is 0.0508. The summed E-state index contributed by atoms with van der Waals surface area (Å²) in [5.41, 5.74) is 3.51. The molecule has 0 saturated heterocycles. The number of alkyl halides is 2. The molecule has 0 aromatic carbocycles. The number of nitrogens with two attached hydrogens (primary N) is 1. The van der Waals surface area contributed by atoms with Crippen LogP contribution in [0.1, 0.15) is 12.6 Å².